The number of rotatable bonds is 6. The van der Waals surface area contributed by atoms with E-state index in [0.717, 1.165) is 12.8 Å². The minimum atomic E-state index is -0.193. The lowest BCUT2D eigenvalue weighted by molar-refractivity contribution is 0.179. The number of ether oxygens (including phenoxy) is 1. The van der Waals surface area contributed by atoms with Crippen molar-refractivity contribution in [2.45, 2.75) is 46.6 Å². The molecule has 0 rings (SSSR count). The maximum absolute atomic E-state index is 12.2. The standard InChI is InChI=1S/C12H25N3O2S/c1-6-8-9-17-11(13)14(7-2)12(16)15(18-5)10(3)4/h10,13H,6-9H2,1-5H3. The molecule has 0 spiro atoms. The van der Waals surface area contributed by atoms with Crippen molar-refractivity contribution in [3.63, 3.8) is 0 Å². The molecule has 0 aliphatic rings. The summed E-state index contributed by atoms with van der Waals surface area (Å²) in [5.41, 5.74) is 0. The average molecular weight is 275 g/mol. The molecule has 0 aromatic rings. The van der Waals surface area contributed by atoms with Crippen molar-refractivity contribution < 1.29 is 9.53 Å². The second-order valence-corrected chi connectivity index (χ2v) is 4.89. The van der Waals surface area contributed by atoms with Gasteiger partial charge in [-0.2, -0.15) is 0 Å². The summed E-state index contributed by atoms with van der Waals surface area (Å²) in [5.74, 6) is 0. The highest BCUT2D eigenvalue weighted by molar-refractivity contribution is 7.96. The SMILES string of the molecule is CCCCOC(=N)N(CC)C(=O)N(SC)C(C)C. The number of carbonyl (C=O) groups is 1. The first-order valence-electron chi connectivity index (χ1n) is 6.35. The molecule has 0 unspecified atom stereocenters. The van der Waals surface area contributed by atoms with E-state index in [-0.39, 0.29) is 18.1 Å². The van der Waals surface area contributed by atoms with E-state index in [1.54, 1.807) is 4.31 Å². The van der Waals surface area contributed by atoms with Crippen LogP contribution in [0, 0.1) is 5.41 Å². The van der Waals surface area contributed by atoms with Crippen LogP contribution in [0.15, 0.2) is 0 Å². The topological polar surface area (TPSA) is 56.6 Å². The van der Waals surface area contributed by atoms with Gasteiger partial charge in [0.15, 0.2) is 0 Å². The lowest BCUT2D eigenvalue weighted by atomic mass is 10.4. The van der Waals surface area contributed by atoms with Crippen LogP contribution in [-0.2, 0) is 4.74 Å². The summed E-state index contributed by atoms with van der Waals surface area (Å²) < 4.78 is 6.92. The van der Waals surface area contributed by atoms with Gasteiger partial charge in [-0.15, -0.1) is 0 Å². The van der Waals surface area contributed by atoms with Crippen LogP contribution >= 0.6 is 11.9 Å². The normalized spacial score (nSPS) is 10.3. The van der Waals surface area contributed by atoms with E-state index >= 15 is 0 Å². The second kappa shape index (κ2) is 9.08. The first-order valence-corrected chi connectivity index (χ1v) is 7.53. The van der Waals surface area contributed by atoms with Crippen molar-refractivity contribution in [2.24, 2.45) is 0 Å². The van der Waals surface area contributed by atoms with Crippen LogP contribution in [0.4, 0.5) is 4.79 Å². The molecule has 0 aliphatic carbocycles. The average Bonchev–Trinajstić information content (AvgIpc) is 2.30. The molecule has 0 radical (unpaired) electrons. The van der Waals surface area contributed by atoms with Crippen LogP contribution in [0.1, 0.15) is 40.5 Å². The van der Waals surface area contributed by atoms with Crippen LogP contribution in [0.5, 0.6) is 0 Å². The number of nitrogens with one attached hydrogen (secondary N) is 1. The molecule has 0 aliphatic heterocycles. The van der Waals surface area contributed by atoms with Gasteiger partial charge in [-0.25, -0.2) is 9.69 Å². The van der Waals surface area contributed by atoms with Crippen molar-refractivity contribution in [1.29, 1.82) is 5.41 Å². The Morgan fingerprint density at radius 1 is 1.39 bits per heavy atom. The Hall–Kier alpha value is -0.910. The Morgan fingerprint density at radius 2 is 2.00 bits per heavy atom. The molecule has 0 bridgehead atoms. The second-order valence-electron chi connectivity index (χ2n) is 4.14. The molecular formula is C12H25N3O2S. The molecule has 0 saturated heterocycles. The molecule has 0 aromatic carbocycles. The van der Waals surface area contributed by atoms with Gasteiger partial charge in [0.1, 0.15) is 0 Å². The smallest absolute Gasteiger partial charge is 0.338 e. The molecule has 5 nitrogen and oxygen atoms in total. The number of amidine groups is 1. The maximum Gasteiger partial charge on any atom is 0.338 e. The summed E-state index contributed by atoms with van der Waals surface area (Å²) in [4.78, 5) is 13.6. The van der Waals surface area contributed by atoms with E-state index in [2.05, 4.69) is 6.92 Å². The van der Waals surface area contributed by atoms with Gasteiger partial charge in [0.25, 0.3) is 6.02 Å². The maximum atomic E-state index is 12.2. The van der Waals surface area contributed by atoms with Crippen LogP contribution in [0.25, 0.3) is 0 Å². The third kappa shape index (κ3) is 5.16. The van der Waals surface area contributed by atoms with Crippen molar-refractivity contribution in [2.75, 3.05) is 19.4 Å². The fraction of sp³-hybridized carbons (Fsp3) is 0.833. The number of hydrogen-bond donors (Lipinski definition) is 1. The van der Waals surface area contributed by atoms with Gasteiger partial charge in [-0.3, -0.25) is 9.71 Å². The Kier molecular flexibility index (Phi) is 8.62. The number of nitrogens with zero attached hydrogens (tertiary/aromatic N) is 2. The zero-order valence-corrected chi connectivity index (χ0v) is 12.8. The van der Waals surface area contributed by atoms with Gasteiger partial charge >= 0.3 is 6.03 Å². The fourth-order valence-electron chi connectivity index (χ4n) is 1.39. The monoisotopic (exact) mass is 275 g/mol. The predicted octanol–water partition coefficient (Wildman–Crippen LogP) is 3.17. The molecule has 0 fully saturated rings. The predicted molar refractivity (Wildman–Crippen MR) is 76.9 cm³/mol. The summed E-state index contributed by atoms with van der Waals surface area (Å²) in [5, 5.41) is 7.81. The minimum absolute atomic E-state index is 0.0596. The van der Waals surface area contributed by atoms with Gasteiger partial charge in [0, 0.05) is 18.8 Å². The highest BCUT2D eigenvalue weighted by Crippen LogP contribution is 2.14. The third-order valence-electron chi connectivity index (χ3n) is 2.38. The third-order valence-corrected chi connectivity index (χ3v) is 3.35. The first kappa shape index (κ1) is 17.1. The molecule has 0 heterocycles. The highest BCUT2D eigenvalue weighted by Gasteiger charge is 2.25. The molecular weight excluding hydrogens is 250 g/mol. The summed E-state index contributed by atoms with van der Waals surface area (Å²) in [6, 6.07) is -0.165. The van der Waals surface area contributed by atoms with Crippen molar-refractivity contribution >= 4 is 24.0 Å². The highest BCUT2D eigenvalue weighted by atomic mass is 32.2. The Morgan fingerprint density at radius 3 is 2.39 bits per heavy atom. The molecule has 0 atom stereocenters. The van der Waals surface area contributed by atoms with Crippen LogP contribution in [-0.4, -0.2) is 46.7 Å². The lowest BCUT2D eigenvalue weighted by Gasteiger charge is -2.30. The Balaban J connectivity index is 4.55. The van der Waals surface area contributed by atoms with Crippen LogP contribution in [0.2, 0.25) is 0 Å². The van der Waals surface area contributed by atoms with E-state index < -0.39 is 0 Å². The minimum Gasteiger partial charge on any atom is -0.465 e. The van der Waals surface area contributed by atoms with Gasteiger partial charge < -0.3 is 4.74 Å². The number of hydrogen-bond acceptors (Lipinski definition) is 4. The molecule has 18 heavy (non-hydrogen) atoms. The van der Waals surface area contributed by atoms with Crippen LogP contribution < -0.4 is 0 Å². The zero-order valence-electron chi connectivity index (χ0n) is 12.0. The van der Waals surface area contributed by atoms with E-state index in [1.807, 2.05) is 27.0 Å². The summed E-state index contributed by atoms with van der Waals surface area (Å²) in [6.45, 7) is 8.72. The van der Waals surface area contributed by atoms with E-state index in [0.29, 0.717) is 13.2 Å². The number of carbonyl (C=O) groups excluding carboxylic acids is 1. The van der Waals surface area contributed by atoms with Crippen molar-refractivity contribution in [3.05, 3.63) is 0 Å². The largest absolute Gasteiger partial charge is 0.465 e. The van der Waals surface area contributed by atoms with E-state index in [4.69, 9.17) is 10.1 Å². The van der Waals surface area contributed by atoms with Gasteiger partial charge in [-0.1, -0.05) is 13.3 Å². The Bertz CT molecular complexity index is 272. The van der Waals surface area contributed by atoms with Crippen molar-refractivity contribution in [3.8, 4) is 0 Å². The molecule has 0 saturated carbocycles. The summed E-state index contributed by atoms with van der Waals surface area (Å²) >= 11 is 1.37. The van der Waals surface area contributed by atoms with Crippen molar-refractivity contribution in [1.82, 2.24) is 9.21 Å². The fourth-order valence-corrected chi connectivity index (χ4v) is 2.06. The van der Waals surface area contributed by atoms with Crippen LogP contribution in [0.3, 0.4) is 0 Å². The first-order chi connectivity index (χ1) is 8.49. The zero-order chi connectivity index (χ0) is 14.1. The van der Waals surface area contributed by atoms with Gasteiger partial charge in [0.05, 0.1) is 6.61 Å². The molecule has 0 aromatic heterocycles. The number of amides is 2. The molecule has 2 amide bonds. The molecule has 6 heteroatoms. The summed E-state index contributed by atoms with van der Waals surface area (Å²) in [6.07, 6.45) is 3.76. The number of unbranched alkanes of at least 4 members (excludes halogenated alkanes) is 1. The molecule has 106 valence electrons. The van der Waals surface area contributed by atoms with E-state index in [1.165, 1.54) is 16.8 Å². The van der Waals surface area contributed by atoms with Gasteiger partial charge in [-0.05, 0) is 39.1 Å². The van der Waals surface area contributed by atoms with Gasteiger partial charge in [0.2, 0.25) is 0 Å². The quantitative estimate of drug-likeness (QED) is 0.350. The van der Waals surface area contributed by atoms with E-state index in [9.17, 15) is 4.79 Å². The lowest BCUT2D eigenvalue weighted by Crippen LogP contribution is -2.46. The Labute approximate surface area is 114 Å². The number of urea groups is 1. The summed E-state index contributed by atoms with van der Waals surface area (Å²) in [7, 11) is 0. The molecule has 1 N–H and O–H groups in total.